The quantitative estimate of drug-likeness (QED) is 0.853. The van der Waals surface area contributed by atoms with Crippen molar-refractivity contribution in [2.75, 3.05) is 30.0 Å². The van der Waals surface area contributed by atoms with Gasteiger partial charge in [0.1, 0.15) is 13.2 Å². The van der Waals surface area contributed by atoms with Crippen LogP contribution in [0.25, 0.3) is 0 Å². The zero-order chi connectivity index (χ0) is 19.5. The molecule has 2 heterocycles. The summed E-state index contributed by atoms with van der Waals surface area (Å²) in [4.78, 5) is 26.4. The van der Waals surface area contributed by atoms with Gasteiger partial charge in [0, 0.05) is 30.4 Å². The fourth-order valence-electron chi connectivity index (χ4n) is 3.43. The molecule has 2 aromatic rings. The number of carbonyl (C=O) groups is 2. The van der Waals surface area contributed by atoms with Gasteiger partial charge in [-0.1, -0.05) is 19.1 Å². The number of benzene rings is 2. The van der Waals surface area contributed by atoms with Crippen LogP contribution in [0.5, 0.6) is 11.5 Å². The second-order valence-corrected chi connectivity index (χ2v) is 6.88. The third-order valence-electron chi connectivity index (χ3n) is 4.92. The van der Waals surface area contributed by atoms with E-state index in [2.05, 4.69) is 17.6 Å². The summed E-state index contributed by atoms with van der Waals surface area (Å²) in [6.07, 6.45) is 1.21. The van der Waals surface area contributed by atoms with E-state index >= 15 is 0 Å². The Labute approximate surface area is 163 Å². The van der Waals surface area contributed by atoms with E-state index in [4.69, 9.17) is 9.47 Å². The molecule has 28 heavy (non-hydrogen) atoms. The Balaban J connectivity index is 1.37. The van der Waals surface area contributed by atoms with Crippen molar-refractivity contribution >= 4 is 23.3 Å². The van der Waals surface area contributed by atoms with Crippen LogP contribution >= 0.6 is 0 Å². The topological polar surface area (TPSA) is 79.9 Å². The molecule has 2 N–H and O–H groups in total. The van der Waals surface area contributed by atoms with Gasteiger partial charge in [0.2, 0.25) is 5.91 Å². The molecule has 0 unspecified atom stereocenters. The molecule has 1 atom stereocenters. The molecule has 0 aliphatic carbocycles. The summed E-state index contributed by atoms with van der Waals surface area (Å²) < 4.78 is 11.1. The van der Waals surface area contributed by atoms with Crippen LogP contribution in [0, 0.1) is 0 Å². The van der Waals surface area contributed by atoms with Crippen molar-refractivity contribution in [3.63, 3.8) is 0 Å². The molecule has 7 nitrogen and oxygen atoms in total. The van der Waals surface area contributed by atoms with Crippen LogP contribution in [-0.4, -0.2) is 37.7 Å². The molecule has 3 amide bonds. The van der Waals surface area contributed by atoms with Crippen molar-refractivity contribution in [2.45, 2.75) is 25.8 Å². The fourth-order valence-corrected chi connectivity index (χ4v) is 3.43. The molecule has 0 spiro atoms. The lowest BCUT2D eigenvalue weighted by Crippen LogP contribution is -2.39. The fraction of sp³-hybridized carbons (Fsp3) is 0.333. The largest absolute Gasteiger partial charge is 0.486 e. The summed E-state index contributed by atoms with van der Waals surface area (Å²) in [7, 11) is 0. The predicted octanol–water partition coefficient (Wildman–Crippen LogP) is 2.95. The third-order valence-corrected chi connectivity index (χ3v) is 4.92. The minimum atomic E-state index is -0.314. The van der Waals surface area contributed by atoms with Gasteiger partial charge in [-0.15, -0.1) is 0 Å². The van der Waals surface area contributed by atoms with Crippen LogP contribution in [0.15, 0.2) is 42.5 Å². The molecule has 4 rings (SSSR count). The second-order valence-electron chi connectivity index (χ2n) is 6.88. The van der Waals surface area contributed by atoms with E-state index in [-0.39, 0.29) is 24.4 Å². The number of amides is 3. The third kappa shape index (κ3) is 3.88. The highest BCUT2D eigenvalue weighted by atomic mass is 16.6. The van der Waals surface area contributed by atoms with Crippen LogP contribution in [-0.2, 0) is 11.2 Å². The maximum absolute atomic E-state index is 12.4. The number of carbonyl (C=O) groups excluding carboxylic acids is 2. The van der Waals surface area contributed by atoms with E-state index in [0.717, 1.165) is 17.8 Å². The molecule has 0 bridgehead atoms. The summed E-state index contributed by atoms with van der Waals surface area (Å²) >= 11 is 0. The van der Waals surface area contributed by atoms with Crippen LogP contribution in [0.4, 0.5) is 16.2 Å². The molecule has 0 radical (unpaired) electrons. The zero-order valence-electron chi connectivity index (χ0n) is 15.7. The first-order valence-corrected chi connectivity index (χ1v) is 9.49. The van der Waals surface area contributed by atoms with Gasteiger partial charge in [-0.3, -0.25) is 4.79 Å². The predicted molar refractivity (Wildman–Crippen MR) is 106 cm³/mol. The van der Waals surface area contributed by atoms with Gasteiger partial charge < -0.3 is 25.0 Å². The highest BCUT2D eigenvalue weighted by Crippen LogP contribution is 2.35. The number of anilines is 2. The van der Waals surface area contributed by atoms with Crippen molar-refractivity contribution in [3.05, 3.63) is 48.0 Å². The number of urea groups is 1. The summed E-state index contributed by atoms with van der Waals surface area (Å²) in [6, 6.07) is 12.6. The molecule has 1 fully saturated rings. The van der Waals surface area contributed by atoms with Gasteiger partial charge in [0.25, 0.3) is 0 Å². The number of nitrogens with one attached hydrogen (secondary N) is 2. The smallest absolute Gasteiger partial charge is 0.319 e. The first-order valence-electron chi connectivity index (χ1n) is 9.49. The second kappa shape index (κ2) is 7.80. The standard InChI is InChI=1S/C21H23N3O4/c1-2-14-3-5-15(6-4-14)22-21(26)23-16-11-20(25)24(13-16)17-7-8-18-19(12-17)28-10-9-27-18/h3-8,12,16H,2,9-11,13H2,1H3,(H2,22,23,26)/t16-/m0/s1. The Morgan fingerprint density at radius 1 is 1.11 bits per heavy atom. The van der Waals surface area contributed by atoms with Crippen molar-refractivity contribution in [1.29, 1.82) is 0 Å². The Morgan fingerprint density at radius 2 is 1.86 bits per heavy atom. The Kier molecular flexibility index (Phi) is 5.06. The lowest BCUT2D eigenvalue weighted by atomic mass is 10.1. The molecule has 0 saturated carbocycles. The number of fused-ring (bicyclic) bond motifs is 1. The van der Waals surface area contributed by atoms with E-state index < -0.39 is 0 Å². The van der Waals surface area contributed by atoms with Crippen LogP contribution in [0.2, 0.25) is 0 Å². The van der Waals surface area contributed by atoms with Crippen molar-refractivity contribution in [3.8, 4) is 11.5 Å². The van der Waals surface area contributed by atoms with Crippen molar-refractivity contribution in [2.24, 2.45) is 0 Å². The first-order chi connectivity index (χ1) is 13.6. The molecule has 2 aliphatic heterocycles. The number of hydrogen-bond donors (Lipinski definition) is 2. The van der Waals surface area contributed by atoms with Crippen LogP contribution < -0.4 is 25.0 Å². The van der Waals surface area contributed by atoms with Crippen molar-refractivity contribution < 1.29 is 19.1 Å². The number of rotatable bonds is 4. The highest BCUT2D eigenvalue weighted by Gasteiger charge is 2.32. The maximum atomic E-state index is 12.4. The Bertz CT molecular complexity index is 882. The minimum Gasteiger partial charge on any atom is -0.486 e. The van der Waals surface area contributed by atoms with Gasteiger partial charge in [0.05, 0.1) is 6.04 Å². The summed E-state index contributed by atoms with van der Waals surface area (Å²) in [5.41, 5.74) is 2.68. The van der Waals surface area contributed by atoms with E-state index in [9.17, 15) is 9.59 Å². The molecular weight excluding hydrogens is 358 g/mol. The molecule has 2 aliphatic rings. The molecule has 0 aromatic heterocycles. The summed E-state index contributed by atoms with van der Waals surface area (Å²) in [5.74, 6) is 1.29. The summed E-state index contributed by atoms with van der Waals surface area (Å²) in [6.45, 7) is 3.52. The number of nitrogens with zero attached hydrogens (tertiary/aromatic N) is 1. The molecule has 146 valence electrons. The molecule has 1 saturated heterocycles. The average molecular weight is 381 g/mol. The minimum absolute atomic E-state index is 0.0331. The molecule has 2 aromatic carbocycles. The number of hydrogen-bond acceptors (Lipinski definition) is 4. The highest BCUT2D eigenvalue weighted by molar-refractivity contribution is 5.98. The lowest BCUT2D eigenvalue weighted by Gasteiger charge is -2.22. The maximum Gasteiger partial charge on any atom is 0.319 e. The van der Waals surface area contributed by atoms with E-state index in [1.165, 1.54) is 5.56 Å². The van der Waals surface area contributed by atoms with Crippen LogP contribution in [0.1, 0.15) is 18.9 Å². The SMILES string of the molecule is CCc1ccc(NC(=O)N[C@H]2CC(=O)N(c3ccc4c(c3)OCCO4)C2)cc1. The molecular formula is C21H23N3O4. The zero-order valence-corrected chi connectivity index (χ0v) is 15.7. The Morgan fingerprint density at radius 3 is 2.61 bits per heavy atom. The van der Waals surface area contributed by atoms with Gasteiger partial charge in [-0.05, 0) is 36.2 Å². The van der Waals surface area contributed by atoms with Gasteiger partial charge in [-0.2, -0.15) is 0 Å². The van der Waals surface area contributed by atoms with Gasteiger partial charge >= 0.3 is 6.03 Å². The first kappa shape index (κ1) is 18.2. The van der Waals surface area contributed by atoms with Crippen molar-refractivity contribution in [1.82, 2.24) is 5.32 Å². The van der Waals surface area contributed by atoms with E-state index in [1.807, 2.05) is 42.5 Å². The van der Waals surface area contributed by atoms with Gasteiger partial charge in [0.15, 0.2) is 11.5 Å². The number of aryl methyl sites for hydroxylation is 1. The number of ether oxygens (including phenoxy) is 2. The monoisotopic (exact) mass is 381 g/mol. The Hall–Kier alpha value is -3.22. The van der Waals surface area contributed by atoms with Crippen LogP contribution in [0.3, 0.4) is 0 Å². The molecule has 7 heteroatoms. The normalized spacial score (nSPS) is 18.1. The van der Waals surface area contributed by atoms with E-state index in [0.29, 0.717) is 31.3 Å². The van der Waals surface area contributed by atoms with Gasteiger partial charge in [-0.25, -0.2) is 4.79 Å². The summed E-state index contributed by atoms with van der Waals surface area (Å²) in [5, 5.41) is 5.69. The average Bonchev–Trinajstić information content (AvgIpc) is 3.08. The lowest BCUT2D eigenvalue weighted by molar-refractivity contribution is -0.117. The van der Waals surface area contributed by atoms with E-state index in [1.54, 1.807) is 4.90 Å².